The lowest BCUT2D eigenvalue weighted by Gasteiger charge is -2.10. The highest BCUT2D eigenvalue weighted by Crippen LogP contribution is 2.28. The molecule has 2 N–H and O–H groups in total. The van der Waals surface area contributed by atoms with Crippen molar-refractivity contribution in [3.63, 3.8) is 0 Å². The molecule has 2 aromatic heterocycles. The van der Waals surface area contributed by atoms with E-state index in [1.807, 2.05) is 48.5 Å². The molecule has 6 nitrogen and oxygen atoms in total. The molecule has 0 aliphatic rings. The predicted molar refractivity (Wildman–Crippen MR) is 102 cm³/mol. The van der Waals surface area contributed by atoms with Crippen LogP contribution in [0.2, 0.25) is 0 Å². The lowest BCUT2D eigenvalue weighted by Crippen LogP contribution is -2.03. The Morgan fingerprint density at radius 1 is 1.04 bits per heavy atom. The Morgan fingerprint density at radius 3 is 2.77 bits per heavy atom. The van der Waals surface area contributed by atoms with Gasteiger partial charge in [-0.05, 0) is 41.8 Å². The summed E-state index contributed by atoms with van der Waals surface area (Å²) < 4.78 is 5.40. The Labute approximate surface area is 149 Å². The summed E-state index contributed by atoms with van der Waals surface area (Å²) in [7, 11) is 1.63. The number of benzene rings is 2. The van der Waals surface area contributed by atoms with Crippen LogP contribution in [-0.2, 0) is 0 Å². The molecule has 0 aliphatic carbocycles. The molecular weight excluding hydrogens is 328 g/mol. The van der Waals surface area contributed by atoms with Gasteiger partial charge in [0.2, 0.25) is 11.5 Å². The highest BCUT2D eigenvalue weighted by Gasteiger charge is 2.08. The van der Waals surface area contributed by atoms with Crippen molar-refractivity contribution in [2.24, 2.45) is 0 Å². The normalized spacial score (nSPS) is 10.7. The first kappa shape index (κ1) is 15.8. The van der Waals surface area contributed by atoms with Crippen molar-refractivity contribution < 1.29 is 4.74 Å². The number of aromatic nitrogens is 3. The molecule has 0 saturated carbocycles. The number of ether oxygens (including phenoxy) is 1. The van der Waals surface area contributed by atoms with Gasteiger partial charge >= 0.3 is 0 Å². The van der Waals surface area contributed by atoms with Gasteiger partial charge in [0.25, 0.3) is 0 Å². The molecule has 6 heteroatoms. The lowest BCUT2D eigenvalue weighted by atomic mass is 10.1. The van der Waals surface area contributed by atoms with E-state index < -0.39 is 0 Å². The van der Waals surface area contributed by atoms with Gasteiger partial charge < -0.3 is 15.0 Å². The summed E-state index contributed by atoms with van der Waals surface area (Å²) in [6, 6.07) is 18.5. The average Bonchev–Trinajstić information content (AvgIpc) is 2.68. The van der Waals surface area contributed by atoms with Gasteiger partial charge in [0, 0.05) is 23.5 Å². The van der Waals surface area contributed by atoms with E-state index in [1.165, 1.54) is 6.07 Å². The summed E-state index contributed by atoms with van der Waals surface area (Å²) in [4.78, 5) is 23.2. The van der Waals surface area contributed by atoms with E-state index in [0.717, 1.165) is 33.6 Å². The van der Waals surface area contributed by atoms with Crippen molar-refractivity contribution in [1.82, 2.24) is 15.0 Å². The SMILES string of the molecule is COc1ccccc1-c1ccnc(Nc2ccc3ccc(=O)[nH]c3c2)n1. The summed E-state index contributed by atoms with van der Waals surface area (Å²) >= 11 is 0. The summed E-state index contributed by atoms with van der Waals surface area (Å²) in [6.45, 7) is 0. The highest BCUT2D eigenvalue weighted by molar-refractivity contribution is 5.82. The van der Waals surface area contributed by atoms with Crippen molar-refractivity contribution in [3.8, 4) is 17.0 Å². The molecule has 4 aromatic rings. The zero-order valence-electron chi connectivity index (χ0n) is 14.1. The molecule has 128 valence electrons. The molecule has 0 fully saturated rings. The largest absolute Gasteiger partial charge is 0.496 e. The Bertz CT molecular complexity index is 1140. The fraction of sp³-hybridized carbons (Fsp3) is 0.0500. The highest BCUT2D eigenvalue weighted by atomic mass is 16.5. The van der Waals surface area contributed by atoms with E-state index in [9.17, 15) is 4.79 Å². The lowest BCUT2D eigenvalue weighted by molar-refractivity contribution is 0.416. The van der Waals surface area contributed by atoms with Crippen molar-refractivity contribution in [2.45, 2.75) is 0 Å². The first-order valence-electron chi connectivity index (χ1n) is 8.09. The van der Waals surface area contributed by atoms with E-state index in [2.05, 4.69) is 20.3 Å². The molecule has 4 rings (SSSR count). The molecule has 2 aromatic carbocycles. The first-order chi connectivity index (χ1) is 12.7. The van der Waals surface area contributed by atoms with Gasteiger partial charge in [0.05, 0.1) is 18.3 Å². The van der Waals surface area contributed by atoms with Crippen LogP contribution in [0.25, 0.3) is 22.2 Å². The number of methoxy groups -OCH3 is 1. The maximum Gasteiger partial charge on any atom is 0.248 e. The Kier molecular flexibility index (Phi) is 4.07. The van der Waals surface area contributed by atoms with Gasteiger partial charge in [-0.3, -0.25) is 4.79 Å². The second kappa shape index (κ2) is 6.68. The quantitative estimate of drug-likeness (QED) is 0.589. The van der Waals surface area contributed by atoms with E-state index in [4.69, 9.17) is 4.74 Å². The van der Waals surface area contributed by atoms with Crippen molar-refractivity contribution >= 4 is 22.5 Å². The number of hydrogen-bond donors (Lipinski definition) is 2. The fourth-order valence-electron chi connectivity index (χ4n) is 2.78. The van der Waals surface area contributed by atoms with Crippen LogP contribution in [0.5, 0.6) is 5.75 Å². The number of nitrogens with one attached hydrogen (secondary N) is 2. The van der Waals surface area contributed by atoms with E-state index >= 15 is 0 Å². The standard InChI is InChI=1S/C20H16N4O2/c1-26-18-5-3-2-4-15(18)16-10-11-21-20(24-16)22-14-8-6-13-7-9-19(25)23-17(13)12-14/h2-12H,1H3,(H,23,25)(H,21,22,24). The Hall–Kier alpha value is -3.67. The number of hydrogen-bond acceptors (Lipinski definition) is 5. The van der Waals surface area contributed by atoms with Gasteiger partial charge in [-0.2, -0.15) is 0 Å². The number of rotatable bonds is 4. The zero-order chi connectivity index (χ0) is 17.9. The van der Waals surface area contributed by atoms with Crippen LogP contribution in [0.4, 0.5) is 11.6 Å². The number of aromatic amines is 1. The number of para-hydroxylation sites is 1. The fourth-order valence-corrected chi connectivity index (χ4v) is 2.78. The van der Waals surface area contributed by atoms with Crippen LogP contribution < -0.4 is 15.6 Å². The molecule has 0 aliphatic heterocycles. The van der Waals surface area contributed by atoms with Crippen molar-refractivity contribution in [2.75, 3.05) is 12.4 Å². The minimum Gasteiger partial charge on any atom is -0.496 e. The summed E-state index contributed by atoms with van der Waals surface area (Å²) in [5, 5.41) is 4.14. The van der Waals surface area contributed by atoms with Crippen LogP contribution in [0.1, 0.15) is 0 Å². The molecule has 0 spiro atoms. The van der Waals surface area contributed by atoms with E-state index in [0.29, 0.717) is 5.95 Å². The third kappa shape index (κ3) is 3.12. The molecular formula is C20H16N4O2. The van der Waals surface area contributed by atoms with Gasteiger partial charge in [-0.15, -0.1) is 0 Å². The second-order valence-corrected chi connectivity index (χ2v) is 5.72. The predicted octanol–water partition coefficient (Wildman–Crippen LogP) is 3.74. The van der Waals surface area contributed by atoms with E-state index in [-0.39, 0.29) is 5.56 Å². The van der Waals surface area contributed by atoms with E-state index in [1.54, 1.807) is 19.4 Å². The smallest absolute Gasteiger partial charge is 0.248 e. The first-order valence-corrected chi connectivity index (χ1v) is 8.09. The molecule has 26 heavy (non-hydrogen) atoms. The number of H-pyrrole nitrogens is 1. The third-order valence-corrected chi connectivity index (χ3v) is 4.02. The van der Waals surface area contributed by atoms with Crippen molar-refractivity contribution in [1.29, 1.82) is 0 Å². The maximum atomic E-state index is 11.5. The van der Waals surface area contributed by atoms with Gasteiger partial charge in [0.15, 0.2) is 0 Å². The Morgan fingerprint density at radius 2 is 1.88 bits per heavy atom. The number of fused-ring (bicyclic) bond motifs is 1. The second-order valence-electron chi connectivity index (χ2n) is 5.72. The van der Waals surface area contributed by atoms with Crippen LogP contribution in [0, 0.1) is 0 Å². The minimum atomic E-state index is -0.135. The van der Waals surface area contributed by atoms with Crippen LogP contribution >= 0.6 is 0 Å². The monoisotopic (exact) mass is 344 g/mol. The topological polar surface area (TPSA) is 79.9 Å². The number of nitrogens with zero attached hydrogens (tertiary/aromatic N) is 2. The molecule has 0 amide bonds. The van der Waals surface area contributed by atoms with Gasteiger partial charge in [-0.25, -0.2) is 9.97 Å². The molecule has 0 unspecified atom stereocenters. The van der Waals surface area contributed by atoms with Gasteiger partial charge in [0.1, 0.15) is 5.75 Å². The van der Waals surface area contributed by atoms with Crippen LogP contribution in [0.15, 0.2) is 71.7 Å². The molecule has 0 saturated heterocycles. The summed E-state index contributed by atoms with van der Waals surface area (Å²) in [5.41, 5.74) is 3.06. The molecule has 0 radical (unpaired) electrons. The van der Waals surface area contributed by atoms with Gasteiger partial charge in [-0.1, -0.05) is 18.2 Å². The zero-order valence-corrected chi connectivity index (χ0v) is 14.1. The number of anilines is 2. The number of pyridine rings is 1. The minimum absolute atomic E-state index is 0.135. The third-order valence-electron chi connectivity index (χ3n) is 4.02. The molecule has 0 bridgehead atoms. The molecule has 2 heterocycles. The van der Waals surface area contributed by atoms with Crippen molar-refractivity contribution in [3.05, 3.63) is 77.2 Å². The maximum absolute atomic E-state index is 11.5. The Balaban J connectivity index is 1.68. The average molecular weight is 344 g/mol. The summed E-state index contributed by atoms with van der Waals surface area (Å²) in [6.07, 6.45) is 1.69. The summed E-state index contributed by atoms with van der Waals surface area (Å²) in [5.74, 6) is 1.21. The van der Waals surface area contributed by atoms with Crippen LogP contribution in [0.3, 0.4) is 0 Å². The van der Waals surface area contributed by atoms with Crippen LogP contribution in [-0.4, -0.2) is 22.1 Å². The molecule has 0 atom stereocenters.